The molecule has 1 aromatic carbocycles. The van der Waals surface area contributed by atoms with Gasteiger partial charge in [0.1, 0.15) is 5.82 Å². The van der Waals surface area contributed by atoms with E-state index in [2.05, 4.69) is 18.5 Å². The van der Waals surface area contributed by atoms with Crippen LogP contribution in [0.25, 0.3) is 0 Å². The van der Waals surface area contributed by atoms with Crippen molar-refractivity contribution in [3.05, 3.63) is 61.0 Å². The van der Waals surface area contributed by atoms with Crippen LogP contribution >= 0.6 is 0 Å². The molecule has 1 N–H and O–H groups in total. The summed E-state index contributed by atoms with van der Waals surface area (Å²) in [4.78, 5) is 14.7. The molecule has 2 rings (SSSR count). The molecule has 3 nitrogen and oxygen atoms in total. The smallest absolute Gasteiger partial charge is 0.226 e. The Labute approximate surface area is 131 Å². The molecule has 1 saturated heterocycles. The number of piperazine rings is 1. The van der Waals surface area contributed by atoms with Crippen molar-refractivity contribution in [2.75, 3.05) is 19.6 Å². The van der Waals surface area contributed by atoms with E-state index < -0.39 is 0 Å². The van der Waals surface area contributed by atoms with Crippen LogP contribution in [0.15, 0.2) is 49.6 Å². The Kier molecular flexibility index (Phi) is 5.90. The summed E-state index contributed by atoms with van der Waals surface area (Å²) >= 11 is 0. The van der Waals surface area contributed by atoms with E-state index in [1.54, 1.807) is 18.2 Å². The number of carbonyl (C=O) groups is 1. The molecule has 0 saturated carbocycles. The van der Waals surface area contributed by atoms with Crippen LogP contribution in [0, 0.1) is 11.7 Å². The van der Waals surface area contributed by atoms with Crippen molar-refractivity contribution in [2.24, 2.45) is 5.92 Å². The minimum absolute atomic E-state index is 0.0931. The van der Waals surface area contributed by atoms with Crippen LogP contribution in [0.5, 0.6) is 0 Å². The maximum absolute atomic E-state index is 13.5. The highest BCUT2D eigenvalue weighted by Crippen LogP contribution is 2.26. The standard InChI is InChI=1S/C18H23FN2O/c1-3-6-14(7-4-2)18(22)21-11-10-20-13-17(21)15-8-5-9-16(19)12-15/h3-5,8-9,12,14,17,20H,1-2,6-7,10-11,13H2. The first-order valence-electron chi connectivity index (χ1n) is 7.65. The van der Waals surface area contributed by atoms with Gasteiger partial charge in [-0.1, -0.05) is 24.3 Å². The third-order valence-corrected chi connectivity index (χ3v) is 4.01. The Morgan fingerprint density at radius 1 is 1.41 bits per heavy atom. The van der Waals surface area contributed by atoms with Gasteiger partial charge in [-0.05, 0) is 30.5 Å². The molecule has 1 heterocycles. The fourth-order valence-corrected chi connectivity index (χ4v) is 2.91. The van der Waals surface area contributed by atoms with Gasteiger partial charge >= 0.3 is 0 Å². The Morgan fingerprint density at radius 3 is 2.77 bits per heavy atom. The summed E-state index contributed by atoms with van der Waals surface area (Å²) in [7, 11) is 0. The molecule has 1 amide bonds. The second kappa shape index (κ2) is 7.90. The summed E-state index contributed by atoms with van der Waals surface area (Å²) in [6, 6.07) is 6.36. The van der Waals surface area contributed by atoms with E-state index >= 15 is 0 Å². The van der Waals surface area contributed by atoms with Crippen LogP contribution in [0.2, 0.25) is 0 Å². The number of allylic oxidation sites excluding steroid dienone is 2. The number of nitrogens with one attached hydrogen (secondary N) is 1. The summed E-state index contributed by atoms with van der Waals surface area (Å²) in [6.07, 6.45) is 4.80. The molecule has 1 aromatic rings. The summed E-state index contributed by atoms with van der Waals surface area (Å²) in [5.41, 5.74) is 0.830. The van der Waals surface area contributed by atoms with E-state index in [1.807, 2.05) is 11.0 Å². The first kappa shape index (κ1) is 16.4. The highest BCUT2D eigenvalue weighted by atomic mass is 19.1. The molecule has 1 unspecified atom stereocenters. The van der Waals surface area contributed by atoms with Gasteiger partial charge in [0.15, 0.2) is 0 Å². The molecule has 0 radical (unpaired) electrons. The summed E-state index contributed by atoms with van der Waals surface area (Å²) in [6.45, 7) is 9.49. The third kappa shape index (κ3) is 3.83. The lowest BCUT2D eigenvalue weighted by molar-refractivity contribution is -0.138. The molecule has 22 heavy (non-hydrogen) atoms. The predicted molar refractivity (Wildman–Crippen MR) is 86.8 cm³/mol. The lowest BCUT2D eigenvalue weighted by Gasteiger charge is -2.38. The molecule has 1 aliphatic heterocycles. The Morgan fingerprint density at radius 2 is 2.14 bits per heavy atom. The molecule has 4 heteroatoms. The average Bonchev–Trinajstić information content (AvgIpc) is 2.54. The van der Waals surface area contributed by atoms with Gasteiger partial charge in [-0.25, -0.2) is 4.39 Å². The van der Waals surface area contributed by atoms with Crippen molar-refractivity contribution < 1.29 is 9.18 Å². The van der Waals surface area contributed by atoms with Crippen molar-refractivity contribution >= 4 is 5.91 Å². The van der Waals surface area contributed by atoms with Gasteiger partial charge in [-0.3, -0.25) is 4.79 Å². The second-order valence-corrected chi connectivity index (χ2v) is 5.55. The maximum Gasteiger partial charge on any atom is 0.226 e. The zero-order valence-corrected chi connectivity index (χ0v) is 12.8. The van der Waals surface area contributed by atoms with Crippen molar-refractivity contribution in [2.45, 2.75) is 18.9 Å². The fourth-order valence-electron chi connectivity index (χ4n) is 2.91. The highest BCUT2D eigenvalue weighted by molar-refractivity contribution is 5.80. The van der Waals surface area contributed by atoms with Crippen molar-refractivity contribution in [3.8, 4) is 0 Å². The number of hydrogen-bond acceptors (Lipinski definition) is 2. The zero-order chi connectivity index (χ0) is 15.9. The maximum atomic E-state index is 13.5. The minimum Gasteiger partial charge on any atom is -0.333 e. The molecular formula is C18H23FN2O. The summed E-state index contributed by atoms with van der Waals surface area (Å²) in [5, 5.41) is 3.28. The molecule has 0 aliphatic carbocycles. The number of hydrogen-bond donors (Lipinski definition) is 1. The summed E-state index contributed by atoms with van der Waals surface area (Å²) in [5.74, 6) is -0.316. The van der Waals surface area contributed by atoms with Gasteiger partial charge < -0.3 is 10.2 Å². The Bertz CT molecular complexity index is 534. The molecule has 1 atom stereocenters. The summed E-state index contributed by atoms with van der Waals surface area (Å²) < 4.78 is 13.5. The third-order valence-electron chi connectivity index (χ3n) is 4.01. The van der Waals surface area contributed by atoms with E-state index in [-0.39, 0.29) is 23.7 Å². The van der Waals surface area contributed by atoms with Crippen LogP contribution < -0.4 is 5.32 Å². The number of benzene rings is 1. The number of rotatable bonds is 6. The molecule has 0 aromatic heterocycles. The van der Waals surface area contributed by atoms with Crippen LogP contribution in [0.1, 0.15) is 24.4 Å². The van der Waals surface area contributed by atoms with Crippen molar-refractivity contribution in [1.29, 1.82) is 0 Å². The van der Waals surface area contributed by atoms with Crippen LogP contribution in [0.4, 0.5) is 4.39 Å². The van der Waals surface area contributed by atoms with Gasteiger partial charge in [-0.2, -0.15) is 0 Å². The highest BCUT2D eigenvalue weighted by Gasteiger charge is 2.31. The second-order valence-electron chi connectivity index (χ2n) is 5.55. The first-order chi connectivity index (χ1) is 10.7. The average molecular weight is 302 g/mol. The number of amides is 1. The zero-order valence-electron chi connectivity index (χ0n) is 12.8. The van der Waals surface area contributed by atoms with Crippen LogP contribution in [0.3, 0.4) is 0 Å². The van der Waals surface area contributed by atoms with E-state index in [1.165, 1.54) is 12.1 Å². The molecular weight excluding hydrogens is 279 g/mol. The minimum atomic E-state index is -0.274. The Hall–Kier alpha value is -1.94. The van der Waals surface area contributed by atoms with Gasteiger partial charge in [0.25, 0.3) is 0 Å². The molecule has 0 spiro atoms. The topological polar surface area (TPSA) is 32.3 Å². The molecule has 1 aliphatic rings. The number of halogens is 1. The quantitative estimate of drug-likeness (QED) is 0.819. The van der Waals surface area contributed by atoms with E-state index in [0.29, 0.717) is 25.9 Å². The monoisotopic (exact) mass is 302 g/mol. The molecule has 0 bridgehead atoms. The lowest BCUT2D eigenvalue weighted by atomic mass is 9.96. The van der Waals surface area contributed by atoms with Gasteiger partial charge in [-0.15, -0.1) is 13.2 Å². The largest absolute Gasteiger partial charge is 0.333 e. The number of carbonyl (C=O) groups excluding carboxylic acids is 1. The lowest BCUT2D eigenvalue weighted by Crippen LogP contribution is -2.50. The van der Waals surface area contributed by atoms with E-state index in [9.17, 15) is 9.18 Å². The van der Waals surface area contributed by atoms with Gasteiger partial charge in [0.05, 0.1) is 6.04 Å². The first-order valence-corrected chi connectivity index (χ1v) is 7.65. The molecule has 1 fully saturated rings. The van der Waals surface area contributed by atoms with Crippen molar-refractivity contribution in [1.82, 2.24) is 10.2 Å². The van der Waals surface area contributed by atoms with Gasteiger partial charge in [0.2, 0.25) is 5.91 Å². The Balaban J connectivity index is 2.23. The molecule has 118 valence electrons. The van der Waals surface area contributed by atoms with E-state index in [0.717, 1.165) is 12.1 Å². The van der Waals surface area contributed by atoms with Gasteiger partial charge in [0, 0.05) is 25.6 Å². The van der Waals surface area contributed by atoms with Crippen LogP contribution in [-0.2, 0) is 4.79 Å². The van der Waals surface area contributed by atoms with E-state index in [4.69, 9.17) is 0 Å². The van der Waals surface area contributed by atoms with Crippen molar-refractivity contribution in [3.63, 3.8) is 0 Å². The van der Waals surface area contributed by atoms with Crippen LogP contribution in [-0.4, -0.2) is 30.4 Å². The number of nitrogens with zero attached hydrogens (tertiary/aromatic N) is 1. The SMILES string of the molecule is C=CCC(CC=C)C(=O)N1CCNCC1c1cccc(F)c1. The fraction of sp³-hybridized carbons (Fsp3) is 0.389. The predicted octanol–water partition coefficient (Wildman–Crippen LogP) is 3.07. The normalized spacial score (nSPS) is 18.3.